The quantitative estimate of drug-likeness (QED) is 0.528. The van der Waals surface area contributed by atoms with Crippen molar-refractivity contribution >= 4 is 11.8 Å². The number of hydrogen-bond donors (Lipinski definition) is 2. The molecule has 0 saturated carbocycles. The van der Waals surface area contributed by atoms with Crippen molar-refractivity contribution in [3.05, 3.63) is 12.2 Å². The van der Waals surface area contributed by atoms with Crippen LogP contribution in [0.5, 0.6) is 0 Å². The molecule has 1 rings (SSSR count). The normalized spacial score (nSPS) is 32.2. The van der Waals surface area contributed by atoms with E-state index in [1.807, 2.05) is 0 Å². The fraction of sp³-hybridized carbons (Fsp3) is 0.500. The molecule has 2 atom stereocenters. The van der Waals surface area contributed by atoms with Crippen LogP contribution in [0.4, 0.5) is 0 Å². The second-order valence-corrected chi connectivity index (χ2v) is 2.87. The molecule has 0 amide bonds. The van der Waals surface area contributed by atoms with Gasteiger partial charge in [0.25, 0.3) is 0 Å². The Morgan fingerprint density at radius 3 is 2.77 bits per heavy atom. The van der Waals surface area contributed by atoms with E-state index in [1.165, 1.54) is 0 Å². The summed E-state index contributed by atoms with van der Waals surface area (Å²) in [4.78, 5) is 21.4. The maximum absolute atomic E-state index is 11.0. The van der Waals surface area contributed by atoms with Crippen LogP contribution in [0.15, 0.2) is 12.2 Å². The summed E-state index contributed by atoms with van der Waals surface area (Å²) >= 11 is 0. The van der Waals surface area contributed by atoms with Crippen LogP contribution >= 0.6 is 0 Å². The van der Waals surface area contributed by atoms with Crippen LogP contribution in [-0.2, 0) is 14.3 Å². The van der Waals surface area contributed by atoms with Gasteiger partial charge in [-0.05, 0) is 12.2 Å². The molecule has 0 aromatic heterocycles. The number of aliphatic hydroxyl groups is 2. The number of aliphatic hydroxyl groups excluding tert-OH is 1. The summed E-state index contributed by atoms with van der Waals surface area (Å²) in [5.74, 6) is -1.26. The lowest BCUT2D eigenvalue weighted by molar-refractivity contribution is -0.160. The number of hydrogen-bond acceptors (Lipinski definition) is 5. The van der Waals surface area contributed by atoms with Gasteiger partial charge < -0.3 is 14.9 Å². The SMILES string of the molecule is CC(=O)OCC1(O)C(=O)C=CC1O. The predicted molar refractivity (Wildman–Crippen MR) is 41.7 cm³/mol. The Labute approximate surface area is 74.6 Å². The van der Waals surface area contributed by atoms with E-state index < -0.39 is 30.1 Å². The van der Waals surface area contributed by atoms with Crippen LogP contribution in [0.1, 0.15) is 6.92 Å². The molecule has 2 unspecified atom stereocenters. The molecule has 0 aromatic rings. The van der Waals surface area contributed by atoms with Crippen LogP contribution in [0, 0.1) is 0 Å². The summed E-state index contributed by atoms with van der Waals surface area (Å²) < 4.78 is 4.46. The summed E-state index contributed by atoms with van der Waals surface area (Å²) in [6.07, 6.45) is 0.916. The van der Waals surface area contributed by atoms with Crippen molar-refractivity contribution in [2.24, 2.45) is 0 Å². The topological polar surface area (TPSA) is 83.8 Å². The number of ether oxygens (including phenoxy) is 1. The highest BCUT2D eigenvalue weighted by Gasteiger charge is 2.45. The van der Waals surface area contributed by atoms with E-state index in [-0.39, 0.29) is 0 Å². The van der Waals surface area contributed by atoms with Gasteiger partial charge in [0.2, 0.25) is 0 Å². The molecule has 0 bridgehead atoms. The fourth-order valence-electron chi connectivity index (χ4n) is 0.996. The standard InChI is InChI=1S/C8H10O5/c1-5(9)13-4-8(12)6(10)2-3-7(8)11/h2-3,6,10,12H,4H2,1H3. The molecule has 72 valence electrons. The smallest absolute Gasteiger partial charge is 0.302 e. The van der Waals surface area contributed by atoms with Crippen LogP contribution in [0.3, 0.4) is 0 Å². The zero-order chi connectivity index (χ0) is 10.1. The molecule has 0 heterocycles. The van der Waals surface area contributed by atoms with Gasteiger partial charge in [0.15, 0.2) is 11.4 Å². The lowest BCUT2D eigenvalue weighted by Crippen LogP contribution is -2.48. The molecule has 0 aliphatic heterocycles. The minimum Gasteiger partial charge on any atom is -0.462 e. The van der Waals surface area contributed by atoms with E-state index in [2.05, 4.69) is 4.74 Å². The van der Waals surface area contributed by atoms with Crippen molar-refractivity contribution in [1.29, 1.82) is 0 Å². The molecular weight excluding hydrogens is 176 g/mol. The largest absolute Gasteiger partial charge is 0.462 e. The second-order valence-electron chi connectivity index (χ2n) is 2.87. The Balaban J connectivity index is 2.65. The van der Waals surface area contributed by atoms with Crippen molar-refractivity contribution in [1.82, 2.24) is 0 Å². The Hall–Kier alpha value is -1.20. The molecule has 0 fully saturated rings. The highest BCUT2D eigenvalue weighted by molar-refractivity contribution is 6.00. The Bertz CT molecular complexity index is 270. The number of carbonyl (C=O) groups excluding carboxylic acids is 2. The van der Waals surface area contributed by atoms with Gasteiger partial charge in [-0.15, -0.1) is 0 Å². The predicted octanol–water partition coefficient (Wildman–Crippen LogP) is -1.22. The van der Waals surface area contributed by atoms with E-state index in [4.69, 9.17) is 0 Å². The van der Waals surface area contributed by atoms with E-state index in [0.29, 0.717) is 0 Å². The minimum absolute atomic E-state index is 0.519. The summed E-state index contributed by atoms with van der Waals surface area (Å²) in [7, 11) is 0. The van der Waals surface area contributed by atoms with Crippen LogP contribution in [0.25, 0.3) is 0 Å². The van der Waals surface area contributed by atoms with Crippen molar-refractivity contribution < 1.29 is 24.5 Å². The van der Waals surface area contributed by atoms with Gasteiger partial charge in [-0.2, -0.15) is 0 Å². The van der Waals surface area contributed by atoms with Gasteiger partial charge in [-0.25, -0.2) is 0 Å². The Kier molecular flexibility index (Phi) is 2.49. The van der Waals surface area contributed by atoms with E-state index >= 15 is 0 Å². The summed E-state index contributed by atoms with van der Waals surface area (Å²) in [5, 5.41) is 18.7. The molecule has 0 radical (unpaired) electrons. The molecular formula is C8H10O5. The van der Waals surface area contributed by atoms with Gasteiger partial charge in [-0.3, -0.25) is 9.59 Å². The van der Waals surface area contributed by atoms with Gasteiger partial charge >= 0.3 is 5.97 Å². The first-order valence-corrected chi connectivity index (χ1v) is 3.73. The lowest BCUT2D eigenvalue weighted by atomic mass is 9.99. The Morgan fingerprint density at radius 1 is 1.77 bits per heavy atom. The highest BCUT2D eigenvalue weighted by Crippen LogP contribution is 2.21. The fourth-order valence-corrected chi connectivity index (χ4v) is 0.996. The number of rotatable bonds is 2. The minimum atomic E-state index is -1.99. The zero-order valence-corrected chi connectivity index (χ0v) is 7.06. The van der Waals surface area contributed by atoms with E-state index in [9.17, 15) is 19.8 Å². The third-order valence-corrected chi connectivity index (χ3v) is 1.84. The molecule has 0 saturated heterocycles. The first kappa shape index (κ1) is 9.88. The summed E-state index contributed by atoms with van der Waals surface area (Å²) in [6, 6.07) is 0. The van der Waals surface area contributed by atoms with E-state index in [1.54, 1.807) is 0 Å². The molecule has 0 spiro atoms. The first-order valence-electron chi connectivity index (χ1n) is 3.73. The molecule has 1 aliphatic carbocycles. The van der Waals surface area contributed by atoms with Crippen molar-refractivity contribution in [3.63, 3.8) is 0 Å². The third kappa shape index (κ3) is 1.76. The maximum Gasteiger partial charge on any atom is 0.302 e. The second kappa shape index (κ2) is 3.27. The monoisotopic (exact) mass is 186 g/mol. The number of carbonyl (C=O) groups is 2. The Morgan fingerprint density at radius 2 is 2.38 bits per heavy atom. The third-order valence-electron chi connectivity index (χ3n) is 1.84. The van der Waals surface area contributed by atoms with Crippen molar-refractivity contribution in [2.45, 2.75) is 18.6 Å². The lowest BCUT2D eigenvalue weighted by Gasteiger charge is -2.23. The first-order chi connectivity index (χ1) is 5.97. The van der Waals surface area contributed by atoms with Gasteiger partial charge in [0.1, 0.15) is 12.7 Å². The van der Waals surface area contributed by atoms with Crippen LogP contribution in [-0.4, -0.2) is 40.3 Å². The van der Waals surface area contributed by atoms with Crippen LogP contribution in [0.2, 0.25) is 0 Å². The molecule has 2 N–H and O–H groups in total. The highest BCUT2D eigenvalue weighted by atomic mass is 16.5. The van der Waals surface area contributed by atoms with Crippen molar-refractivity contribution in [3.8, 4) is 0 Å². The van der Waals surface area contributed by atoms with E-state index in [0.717, 1.165) is 19.1 Å². The van der Waals surface area contributed by atoms with Crippen LogP contribution < -0.4 is 0 Å². The number of ketones is 1. The molecule has 0 aromatic carbocycles. The summed E-state index contributed by atoms with van der Waals surface area (Å²) in [6.45, 7) is 0.637. The number of esters is 1. The average molecular weight is 186 g/mol. The molecule has 5 heteroatoms. The van der Waals surface area contributed by atoms with Gasteiger partial charge in [-0.1, -0.05) is 0 Å². The molecule has 1 aliphatic rings. The molecule has 13 heavy (non-hydrogen) atoms. The zero-order valence-electron chi connectivity index (χ0n) is 7.06. The average Bonchev–Trinajstić information content (AvgIpc) is 2.31. The summed E-state index contributed by atoms with van der Waals surface area (Å²) in [5.41, 5.74) is -1.99. The van der Waals surface area contributed by atoms with Crippen molar-refractivity contribution in [2.75, 3.05) is 6.61 Å². The van der Waals surface area contributed by atoms with Gasteiger partial charge in [0, 0.05) is 6.92 Å². The van der Waals surface area contributed by atoms with Gasteiger partial charge in [0.05, 0.1) is 0 Å². The maximum atomic E-state index is 11.0. The molecule has 5 nitrogen and oxygen atoms in total.